The Kier molecular flexibility index (Phi) is 3.08. The minimum atomic E-state index is -1.31. The Balaban J connectivity index is 2.55. The van der Waals surface area contributed by atoms with Gasteiger partial charge in [0.2, 0.25) is 0 Å². The third-order valence-electron chi connectivity index (χ3n) is 1.99. The Bertz CT molecular complexity index is 224. The van der Waals surface area contributed by atoms with E-state index in [4.69, 9.17) is 0 Å². The van der Waals surface area contributed by atoms with Crippen LogP contribution in [0.5, 0.6) is 0 Å². The van der Waals surface area contributed by atoms with Crippen molar-refractivity contribution < 1.29 is 14.1 Å². The largest absolute Gasteiger partial charge is 0.381 e. The van der Waals surface area contributed by atoms with E-state index in [1.807, 2.05) is 0 Å². The minimum Gasteiger partial charge on any atom is -0.381 e. The van der Waals surface area contributed by atoms with Crippen molar-refractivity contribution in [1.82, 2.24) is 4.90 Å². The predicted octanol–water partition coefficient (Wildman–Crippen LogP) is -0.652. The monoisotopic (exact) mass is 205 g/mol. The smallest absolute Gasteiger partial charge is 0.254 e. The summed E-state index contributed by atoms with van der Waals surface area (Å²) >= 11 is 0. The lowest BCUT2D eigenvalue weighted by atomic mass is 10.1. The molecule has 1 aliphatic rings. The molecule has 13 heavy (non-hydrogen) atoms. The first-order chi connectivity index (χ1) is 5.91. The van der Waals surface area contributed by atoms with Crippen LogP contribution in [0.2, 0.25) is 0 Å². The molecule has 0 saturated carbocycles. The number of aliphatic hydroxyl groups is 1. The van der Waals surface area contributed by atoms with Gasteiger partial charge < -0.3 is 10.0 Å². The van der Waals surface area contributed by atoms with Crippen molar-refractivity contribution in [2.45, 2.75) is 19.4 Å². The molecule has 0 spiro atoms. The van der Waals surface area contributed by atoms with Crippen LogP contribution in [0.15, 0.2) is 0 Å². The number of amides is 1. The first-order valence-electron chi connectivity index (χ1n) is 4.28. The molecule has 0 unspecified atom stereocenters. The number of carbonyl (C=O) groups is 1. The molecule has 0 atom stereocenters. The van der Waals surface area contributed by atoms with Crippen LogP contribution in [0.3, 0.4) is 0 Å². The Hall–Kier alpha value is -0.420. The summed E-state index contributed by atoms with van der Waals surface area (Å²) in [5.41, 5.74) is -1.31. The number of carbonyl (C=O) groups excluding carboxylic acids is 1. The van der Waals surface area contributed by atoms with Gasteiger partial charge in [0.05, 0.1) is 0 Å². The van der Waals surface area contributed by atoms with Crippen LogP contribution in [0.1, 0.15) is 13.8 Å². The second-order valence-electron chi connectivity index (χ2n) is 3.70. The van der Waals surface area contributed by atoms with Gasteiger partial charge in [0.1, 0.15) is 5.60 Å². The fourth-order valence-corrected chi connectivity index (χ4v) is 2.28. The van der Waals surface area contributed by atoms with Crippen molar-refractivity contribution in [1.29, 1.82) is 0 Å². The summed E-state index contributed by atoms with van der Waals surface area (Å²) in [6, 6.07) is 0. The highest BCUT2D eigenvalue weighted by molar-refractivity contribution is 7.85. The van der Waals surface area contributed by atoms with Crippen molar-refractivity contribution in [3.63, 3.8) is 0 Å². The third-order valence-corrected chi connectivity index (χ3v) is 3.26. The maximum atomic E-state index is 11.5. The molecule has 0 aromatic heterocycles. The number of hydrogen-bond donors (Lipinski definition) is 1. The number of hydrogen-bond acceptors (Lipinski definition) is 3. The Morgan fingerprint density at radius 2 is 1.85 bits per heavy atom. The van der Waals surface area contributed by atoms with Crippen molar-refractivity contribution in [3.05, 3.63) is 0 Å². The molecular formula is C8H15NO3S. The molecule has 1 aliphatic heterocycles. The number of rotatable bonds is 1. The summed E-state index contributed by atoms with van der Waals surface area (Å²) in [6.45, 7) is 3.94. The van der Waals surface area contributed by atoms with Gasteiger partial charge in [0.25, 0.3) is 5.91 Å². The molecule has 1 heterocycles. The highest BCUT2D eigenvalue weighted by Gasteiger charge is 2.30. The second kappa shape index (κ2) is 3.75. The standard InChI is InChI=1S/C8H15NO3S/c1-8(2,11)7(10)9-3-5-13(12)6-4-9/h11H,3-6H2,1-2H3. The lowest BCUT2D eigenvalue weighted by molar-refractivity contribution is -0.147. The molecule has 1 amide bonds. The molecule has 0 bridgehead atoms. The number of nitrogens with zero attached hydrogens (tertiary/aromatic N) is 1. The zero-order chi connectivity index (χ0) is 10.1. The van der Waals surface area contributed by atoms with E-state index in [0.29, 0.717) is 24.6 Å². The van der Waals surface area contributed by atoms with Crippen LogP contribution >= 0.6 is 0 Å². The summed E-state index contributed by atoms with van der Waals surface area (Å²) in [4.78, 5) is 13.1. The summed E-state index contributed by atoms with van der Waals surface area (Å²) in [6.07, 6.45) is 0. The molecule has 0 radical (unpaired) electrons. The van der Waals surface area contributed by atoms with Gasteiger partial charge in [-0.25, -0.2) is 0 Å². The highest BCUT2D eigenvalue weighted by Crippen LogP contribution is 2.09. The van der Waals surface area contributed by atoms with Crippen molar-refractivity contribution in [2.24, 2.45) is 0 Å². The Morgan fingerprint density at radius 1 is 1.38 bits per heavy atom. The van der Waals surface area contributed by atoms with Crippen LogP contribution < -0.4 is 0 Å². The van der Waals surface area contributed by atoms with Crippen molar-refractivity contribution in [3.8, 4) is 0 Å². The summed E-state index contributed by atoms with van der Waals surface area (Å²) in [7, 11) is -0.780. The van der Waals surface area contributed by atoms with Gasteiger partial charge in [-0.15, -0.1) is 0 Å². The van der Waals surface area contributed by atoms with E-state index in [9.17, 15) is 14.1 Å². The SMILES string of the molecule is CC(C)(O)C(=O)N1CCS(=O)CC1. The van der Waals surface area contributed by atoms with Gasteiger partial charge in [0, 0.05) is 35.4 Å². The van der Waals surface area contributed by atoms with E-state index < -0.39 is 16.4 Å². The van der Waals surface area contributed by atoms with E-state index >= 15 is 0 Å². The third kappa shape index (κ3) is 2.77. The van der Waals surface area contributed by atoms with Gasteiger partial charge in [0.15, 0.2) is 0 Å². The van der Waals surface area contributed by atoms with Crippen molar-refractivity contribution in [2.75, 3.05) is 24.6 Å². The average molecular weight is 205 g/mol. The molecule has 0 aromatic carbocycles. The molecule has 1 saturated heterocycles. The zero-order valence-corrected chi connectivity index (χ0v) is 8.76. The summed E-state index contributed by atoms with van der Waals surface area (Å²) in [5.74, 6) is 0.785. The first-order valence-corrected chi connectivity index (χ1v) is 5.77. The maximum Gasteiger partial charge on any atom is 0.254 e. The second-order valence-corrected chi connectivity index (χ2v) is 5.40. The van der Waals surface area contributed by atoms with Gasteiger partial charge >= 0.3 is 0 Å². The molecule has 1 fully saturated rings. The zero-order valence-electron chi connectivity index (χ0n) is 7.95. The minimum absolute atomic E-state index is 0.274. The molecule has 76 valence electrons. The van der Waals surface area contributed by atoms with Crippen LogP contribution in [0.25, 0.3) is 0 Å². The van der Waals surface area contributed by atoms with E-state index in [2.05, 4.69) is 0 Å². The topological polar surface area (TPSA) is 57.6 Å². The summed E-state index contributed by atoms with van der Waals surface area (Å²) in [5, 5.41) is 9.44. The van der Waals surface area contributed by atoms with Gasteiger partial charge in [-0.3, -0.25) is 9.00 Å². The highest BCUT2D eigenvalue weighted by atomic mass is 32.2. The fraction of sp³-hybridized carbons (Fsp3) is 0.875. The fourth-order valence-electron chi connectivity index (χ4n) is 1.23. The van der Waals surface area contributed by atoms with Gasteiger partial charge in [-0.1, -0.05) is 0 Å². The van der Waals surface area contributed by atoms with E-state index in [1.165, 1.54) is 13.8 Å². The van der Waals surface area contributed by atoms with Crippen LogP contribution in [-0.4, -0.2) is 50.3 Å². The molecule has 1 rings (SSSR count). The lowest BCUT2D eigenvalue weighted by Crippen LogP contribution is -2.50. The molecule has 0 aromatic rings. The van der Waals surface area contributed by atoms with Gasteiger partial charge in [-0.05, 0) is 13.8 Å². The molecule has 1 N–H and O–H groups in total. The van der Waals surface area contributed by atoms with E-state index in [1.54, 1.807) is 4.90 Å². The molecular weight excluding hydrogens is 190 g/mol. The Morgan fingerprint density at radius 3 is 2.23 bits per heavy atom. The van der Waals surface area contributed by atoms with Gasteiger partial charge in [-0.2, -0.15) is 0 Å². The summed E-state index contributed by atoms with van der Waals surface area (Å²) < 4.78 is 11.0. The van der Waals surface area contributed by atoms with Crippen LogP contribution in [0.4, 0.5) is 0 Å². The maximum absolute atomic E-state index is 11.5. The first kappa shape index (κ1) is 10.7. The van der Waals surface area contributed by atoms with E-state index in [-0.39, 0.29) is 5.91 Å². The van der Waals surface area contributed by atoms with Crippen LogP contribution in [-0.2, 0) is 15.6 Å². The average Bonchev–Trinajstić information content (AvgIpc) is 2.03. The quantitative estimate of drug-likeness (QED) is 0.619. The molecule has 0 aliphatic carbocycles. The normalized spacial score (nSPS) is 20.4. The van der Waals surface area contributed by atoms with Crippen molar-refractivity contribution >= 4 is 16.7 Å². The molecule has 5 heteroatoms. The van der Waals surface area contributed by atoms with E-state index in [0.717, 1.165) is 0 Å². The molecule has 4 nitrogen and oxygen atoms in total. The van der Waals surface area contributed by atoms with Crippen LogP contribution in [0, 0.1) is 0 Å². The Labute approximate surface area is 80.4 Å². The lowest BCUT2D eigenvalue weighted by Gasteiger charge is -2.31. The predicted molar refractivity (Wildman–Crippen MR) is 50.8 cm³/mol.